The molecule has 0 bridgehead atoms. The minimum absolute atomic E-state index is 0.00503. The second-order valence-electron chi connectivity index (χ2n) is 7.69. The molecule has 1 amide bonds. The highest BCUT2D eigenvalue weighted by Gasteiger charge is 2.31. The summed E-state index contributed by atoms with van der Waals surface area (Å²) in [6.07, 6.45) is 2.51. The number of benzene rings is 2. The van der Waals surface area contributed by atoms with E-state index >= 15 is 0 Å². The summed E-state index contributed by atoms with van der Waals surface area (Å²) in [6.45, 7) is 3.12. The first-order chi connectivity index (χ1) is 14.4. The highest BCUT2D eigenvalue weighted by atomic mass is 32.2. The van der Waals surface area contributed by atoms with E-state index in [0.717, 1.165) is 19.3 Å². The van der Waals surface area contributed by atoms with Gasteiger partial charge in [-0.1, -0.05) is 18.6 Å². The van der Waals surface area contributed by atoms with Gasteiger partial charge in [0.15, 0.2) is 11.5 Å². The average molecular weight is 431 g/mol. The molecule has 0 saturated carbocycles. The number of piperidine rings is 1. The minimum atomic E-state index is -3.55. The van der Waals surface area contributed by atoms with E-state index in [9.17, 15) is 13.2 Å². The Hall–Kier alpha value is -2.58. The number of hydrogen-bond donors (Lipinski definition) is 1. The van der Waals surface area contributed by atoms with Gasteiger partial charge < -0.3 is 14.8 Å². The van der Waals surface area contributed by atoms with Gasteiger partial charge in [-0.25, -0.2) is 8.42 Å². The van der Waals surface area contributed by atoms with Crippen LogP contribution in [0.4, 0.5) is 0 Å². The molecule has 0 aliphatic carbocycles. The van der Waals surface area contributed by atoms with E-state index in [0.29, 0.717) is 36.8 Å². The summed E-state index contributed by atoms with van der Waals surface area (Å²) in [5, 5.41) is 2.82. The lowest BCUT2D eigenvalue weighted by Crippen LogP contribution is -2.42. The molecule has 30 heavy (non-hydrogen) atoms. The third kappa shape index (κ3) is 4.29. The standard InChI is InChI=1S/C22H26N2O5S/c1-16-6-4-5-13-24(16)30(26,27)19-11-9-17(10-12-19)22(25)23-14-18-15-28-20-7-2-3-8-21(20)29-18/h2-3,7-12,16,18H,4-6,13-15H2,1H3,(H,23,25). The molecule has 2 aliphatic heterocycles. The van der Waals surface area contributed by atoms with Gasteiger partial charge in [-0.15, -0.1) is 0 Å². The van der Waals surface area contributed by atoms with Crippen molar-refractivity contribution in [2.75, 3.05) is 19.7 Å². The number of nitrogens with one attached hydrogen (secondary N) is 1. The number of sulfonamides is 1. The van der Waals surface area contributed by atoms with Crippen LogP contribution in [0.5, 0.6) is 11.5 Å². The maximum Gasteiger partial charge on any atom is 0.251 e. The number of nitrogens with zero attached hydrogens (tertiary/aromatic N) is 1. The molecule has 2 aromatic carbocycles. The zero-order chi connectivity index (χ0) is 21.1. The van der Waals surface area contributed by atoms with Crippen molar-refractivity contribution in [1.82, 2.24) is 9.62 Å². The maximum atomic E-state index is 12.9. The fraction of sp³-hybridized carbons (Fsp3) is 0.409. The second kappa shape index (κ2) is 8.65. The highest BCUT2D eigenvalue weighted by Crippen LogP contribution is 2.30. The average Bonchev–Trinajstić information content (AvgIpc) is 2.77. The topological polar surface area (TPSA) is 84.9 Å². The number of carbonyl (C=O) groups excluding carboxylic acids is 1. The molecule has 0 aromatic heterocycles. The van der Waals surface area contributed by atoms with Gasteiger partial charge in [-0.05, 0) is 56.2 Å². The highest BCUT2D eigenvalue weighted by molar-refractivity contribution is 7.89. The summed E-state index contributed by atoms with van der Waals surface area (Å²) in [6, 6.07) is 13.5. The van der Waals surface area contributed by atoms with Crippen LogP contribution in [0.25, 0.3) is 0 Å². The van der Waals surface area contributed by atoms with Crippen LogP contribution >= 0.6 is 0 Å². The molecule has 2 unspecified atom stereocenters. The summed E-state index contributed by atoms with van der Waals surface area (Å²) in [5.74, 6) is 1.07. The van der Waals surface area contributed by atoms with Gasteiger partial charge in [-0.2, -0.15) is 4.31 Å². The molecule has 2 aliphatic rings. The van der Waals surface area contributed by atoms with Crippen LogP contribution in [0.1, 0.15) is 36.5 Å². The third-order valence-corrected chi connectivity index (χ3v) is 7.55. The lowest BCUT2D eigenvalue weighted by atomic mass is 10.1. The zero-order valence-corrected chi connectivity index (χ0v) is 17.7. The molecule has 160 valence electrons. The molecule has 0 radical (unpaired) electrons. The normalized spacial score (nSPS) is 21.8. The quantitative estimate of drug-likeness (QED) is 0.789. The van der Waals surface area contributed by atoms with Crippen molar-refractivity contribution in [2.45, 2.75) is 43.2 Å². The largest absolute Gasteiger partial charge is 0.486 e. The van der Waals surface area contributed by atoms with Gasteiger partial charge in [0.1, 0.15) is 12.7 Å². The van der Waals surface area contributed by atoms with Gasteiger partial charge >= 0.3 is 0 Å². The first-order valence-corrected chi connectivity index (χ1v) is 11.7. The smallest absolute Gasteiger partial charge is 0.251 e. The van der Waals surface area contributed by atoms with E-state index in [1.54, 1.807) is 16.4 Å². The Labute approximate surface area is 177 Å². The number of ether oxygens (including phenoxy) is 2. The number of fused-ring (bicyclic) bond motifs is 1. The first kappa shape index (κ1) is 20.7. The lowest BCUT2D eigenvalue weighted by molar-refractivity contribution is 0.0789. The van der Waals surface area contributed by atoms with Gasteiger partial charge in [0.05, 0.1) is 11.4 Å². The number of amides is 1. The van der Waals surface area contributed by atoms with Crippen LogP contribution in [-0.4, -0.2) is 50.5 Å². The maximum absolute atomic E-state index is 12.9. The Balaban J connectivity index is 1.36. The predicted molar refractivity (Wildman–Crippen MR) is 112 cm³/mol. The Kier molecular flexibility index (Phi) is 5.97. The Bertz CT molecular complexity index is 1010. The number of hydrogen-bond acceptors (Lipinski definition) is 5. The van der Waals surface area contributed by atoms with Crippen molar-refractivity contribution in [2.24, 2.45) is 0 Å². The lowest BCUT2D eigenvalue weighted by Gasteiger charge is -2.32. The monoisotopic (exact) mass is 430 g/mol. The van der Waals surface area contributed by atoms with Crippen LogP contribution in [0.15, 0.2) is 53.4 Å². The summed E-state index contributed by atoms with van der Waals surface area (Å²) < 4.78 is 38.9. The third-order valence-electron chi connectivity index (χ3n) is 5.52. The molecular weight excluding hydrogens is 404 g/mol. The summed E-state index contributed by atoms with van der Waals surface area (Å²) >= 11 is 0. The Morgan fingerprint density at radius 2 is 1.83 bits per heavy atom. The van der Waals surface area contributed by atoms with Crippen LogP contribution < -0.4 is 14.8 Å². The van der Waals surface area contributed by atoms with Crippen LogP contribution in [0.2, 0.25) is 0 Å². The summed E-state index contributed by atoms with van der Waals surface area (Å²) in [4.78, 5) is 12.7. The molecule has 0 spiro atoms. The van der Waals surface area contributed by atoms with Crippen molar-refractivity contribution >= 4 is 15.9 Å². The Morgan fingerprint density at radius 1 is 1.10 bits per heavy atom. The van der Waals surface area contributed by atoms with Gasteiger partial charge in [-0.3, -0.25) is 4.79 Å². The Morgan fingerprint density at radius 3 is 2.57 bits per heavy atom. The molecule has 8 heteroatoms. The van der Waals surface area contributed by atoms with Gasteiger partial charge in [0, 0.05) is 18.2 Å². The van der Waals surface area contributed by atoms with Crippen LogP contribution in [0.3, 0.4) is 0 Å². The van der Waals surface area contributed by atoms with E-state index in [-0.39, 0.29) is 22.9 Å². The van der Waals surface area contributed by atoms with Crippen LogP contribution in [-0.2, 0) is 10.0 Å². The molecular formula is C22H26N2O5S. The van der Waals surface area contributed by atoms with Crippen molar-refractivity contribution in [3.05, 3.63) is 54.1 Å². The summed E-state index contributed by atoms with van der Waals surface area (Å²) in [7, 11) is -3.55. The number of carbonyl (C=O) groups is 1. The van der Waals surface area contributed by atoms with Crippen molar-refractivity contribution < 1.29 is 22.7 Å². The number of rotatable bonds is 5. The van der Waals surface area contributed by atoms with Crippen LogP contribution in [0, 0.1) is 0 Å². The molecule has 1 saturated heterocycles. The fourth-order valence-electron chi connectivity index (χ4n) is 3.81. The van der Waals surface area contributed by atoms with E-state index in [1.165, 1.54) is 12.1 Å². The van der Waals surface area contributed by atoms with E-state index < -0.39 is 10.0 Å². The van der Waals surface area contributed by atoms with Crippen molar-refractivity contribution in [3.63, 3.8) is 0 Å². The molecule has 1 fully saturated rings. The summed E-state index contributed by atoms with van der Waals surface area (Å²) in [5.41, 5.74) is 0.401. The first-order valence-electron chi connectivity index (χ1n) is 10.2. The van der Waals surface area contributed by atoms with Gasteiger partial charge in [0.25, 0.3) is 5.91 Å². The molecule has 2 aromatic rings. The van der Waals surface area contributed by atoms with E-state index in [2.05, 4.69) is 5.32 Å². The predicted octanol–water partition coefficient (Wildman–Crippen LogP) is 2.82. The SMILES string of the molecule is CC1CCCCN1S(=O)(=O)c1ccc(C(=O)NCC2COc3ccccc3O2)cc1. The second-order valence-corrected chi connectivity index (χ2v) is 9.58. The number of para-hydroxylation sites is 2. The minimum Gasteiger partial charge on any atom is -0.486 e. The fourth-order valence-corrected chi connectivity index (χ4v) is 5.51. The molecule has 1 N–H and O–H groups in total. The zero-order valence-electron chi connectivity index (χ0n) is 16.9. The molecule has 2 heterocycles. The molecule has 7 nitrogen and oxygen atoms in total. The van der Waals surface area contributed by atoms with Crippen molar-refractivity contribution in [1.29, 1.82) is 0 Å². The van der Waals surface area contributed by atoms with E-state index in [1.807, 2.05) is 31.2 Å². The van der Waals surface area contributed by atoms with Gasteiger partial charge in [0.2, 0.25) is 10.0 Å². The van der Waals surface area contributed by atoms with E-state index in [4.69, 9.17) is 9.47 Å². The van der Waals surface area contributed by atoms with Crippen molar-refractivity contribution in [3.8, 4) is 11.5 Å². The molecule has 2 atom stereocenters. The molecule has 4 rings (SSSR count).